The van der Waals surface area contributed by atoms with Gasteiger partial charge in [-0.2, -0.15) is 0 Å². The number of amides is 2. The largest absolute Gasteiger partial charge is 0.341 e. The lowest BCUT2D eigenvalue weighted by atomic mass is 10.1. The summed E-state index contributed by atoms with van der Waals surface area (Å²) in [5.74, 6) is 0.0572. The fourth-order valence-electron chi connectivity index (χ4n) is 3.03. The maximum absolute atomic E-state index is 12.6. The van der Waals surface area contributed by atoms with E-state index in [9.17, 15) is 9.59 Å². The molecule has 0 radical (unpaired) electrons. The molecule has 4 nitrogen and oxygen atoms in total. The minimum atomic E-state index is -0.0198. The zero-order chi connectivity index (χ0) is 18.5. The van der Waals surface area contributed by atoms with Crippen LogP contribution in [0.1, 0.15) is 22.3 Å². The molecule has 1 aliphatic heterocycles. The highest BCUT2D eigenvalue weighted by Crippen LogP contribution is 2.15. The van der Waals surface area contributed by atoms with Crippen LogP contribution in [0, 0.1) is 0 Å². The van der Waals surface area contributed by atoms with Crippen molar-refractivity contribution in [3.05, 3.63) is 69.7 Å². The molecule has 0 N–H and O–H groups in total. The lowest BCUT2D eigenvalue weighted by Gasteiger charge is -2.22. The smallest absolute Gasteiger partial charge is 0.253 e. The van der Waals surface area contributed by atoms with E-state index in [4.69, 9.17) is 23.2 Å². The van der Waals surface area contributed by atoms with Crippen molar-refractivity contribution in [2.75, 3.05) is 26.2 Å². The van der Waals surface area contributed by atoms with Gasteiger partial charge in [-0.25, -0.2) is 0 Å². The number of benzene rings is 2. The number of carbonyl (C=O) groups excluding carboxylic acids is 2. The summed E-state index contributed by atoms with van der Waals surface area (Å²) in [6, 6.07) is 14.2. The van der Waals surface area contributed by atoms with Gasteiger partial charge in [0, 0.05) is 41.8 Å². The van der Waals surface area contributed by atoms with Crippen LogP contribution in [0.25, 0.3) is 0 Å². The van der Waals surface area contributed by atoms with Crippen molar-refractivity contribution in [3.8, 4) is 0 Å². The van der Waals surface area contributed by atoms with E-state index in [1.54, 1.807) is 41.3 Å². The normalized spacial score (nSPS) is 14.8. The summed E-state index contributed by atoms with van der Waals surface area (Å²) in [6.07, 6.45) is 1.12. The van der Waals surface area contributed by atoms with E-state index in [0.717, 1.165) is 12.0 Å². The second-order valence-electron chi connectivity index (χ2n) is 6.34. The van der Waals surface area contributed by atoms with Crippen LogP contribution in [-0.4, -0.2) is 47.8 Å². The lowest BCUT2D eigenvalue weighted by molar-refractivity contribution is -0.130. The summed E-state index contributed by atoms with van der Waals surface area (Å²) in [7, 11) is 0. The first-order valence-corrected chi connectivity index (χ1v) is 9.35. The quantitative estimate of drug-likeness (QED) is 0.796. The Balaban J connectivity index is 1.58. The topological polar surface area (TPSA) is 40.6 Å². The zero-order valence-corrected chi connectivity index (χ0v) is 15.8. The first-order valence-electron chi connectivity index (χ1n) is 8.60. The number of carbonyl (C=O) groups is 2. The molecule has 0 aliphatic carbocycles. The van der Waals surface area contributed by atoms with E-state index < -0.39 is 0 Å². The maximum atomic E-state index is 12.6. The molecule has 0 bridgehead atoms. The van der Waals surface area contributed by atoms with Crippen molar-refractivity contribution in [1.82, 2.24) is 9.80 Å². The van der Waals surface area contributed by atoms with E-state index in [2.05, 4.69) is 0 Å². The molecule has 26 heavy (non-hydrogen) atoms. The Kier molecular flexibility index (Phi) is 6.17. The minimum Gasteiger partial charge on any atom is -0.341 e. The summed E-state index contributed by atoms with van der Waals surface area (Å²) in [6.45, 7) is 2.39. The van der Waals surface area contributed by atoms with Crippen LogP contribution in [0.4, 0.5) is 0 Å². The van der Waals surface area contributed by atoms with Crippen LogP contribution in [0.2, 0.25) is 10.0 Å². The molecule has 0 spiro atoms. The summed E-state index contributed by atoms with van der Waals surface area (Å²) >= 11 is 11.8. The molecule has 0 atom stereocenters. The maximum Gasteiger partial charge on any atom is 0.253 e. The summed E-state index contributed by atoms with van der Waals surface area (Å²) in [4.78, 5) is 28.8. The first kappa shape index (κ1) is 18.7. The Morgan fingerprint density at radius 1 is 0.769 bits per heavy atom. The van der Waals surface area contributed by atoms with Crippen LogP contribution in [-0.2, 0) is 11.2 Å². The number of halogens is 2. The van der Waals surface area contributed by atoms with Gasteiger partial charge in [0.25, 0.3) is 5.91 Å². The van der Waals surface area contributed by atoms with Gasteiger partial charge in [0.1, 0.15) is 0 Å². The highest BCUT2D eigenvalue weighted by atomic mass is 35.5. The van der Waals surface area contributed by atoms with Gasteiger partial charge in [-0.05, 0) is 48.4 Å². The van der Waals surface area contributed by atoms with Gasteiger partial charge in [-0.1, -0.05) is 35.3 Å². The summed E-state index contributed by atoms with van der Waals surface area (Å²) in [5.41, 5.74) is 1.56. The van der Waals surface area contributed by atoms with E-state index in [0.29, 0.717) is 48.2 Å². The van der Waals surface area contributed by atoms with E-state index in [1.165, 1.54) is 0 Å². The Morgan fingerprint density at radius 3 is 1.96 bits per heavy atom. The SMILES string of the molecule is O=C(Cc1ccc(Cl)cc1)N1CCCN(C(=O)c2ccc(Cl)cc2)CC1. The number of hydrogen-bond donors (Lipinski definition) is 0. The molecule has 2 aromatic carbocycles. The molecule has 0 aromatic heterocycles. The van der Waals surface area contributed by atoms with Gasteiger partial charge in [0.15, 0.2) is 0 Å². The van der Waals surface area contributed by atoms with Crippen LogP contribution >= 0.6 is 23.2 Å². The fourth-order valence-corrected chi connectivity index (χ4v) is 3.29. The van der Waals surface area contributed by atoms with Crippen LogP contribution in [0.3, 0.4) is 0 Å². The molecule has 1 aliphatic rings. The molecule has 2 aromatic rings. The van der Waals surface area contributed by atoms with Crippen molar-refractivity contribution in [2.45, 2.75) is 12.8 Å². The lowest BCUT2D eigenvalue weighted by Crippen LogP contribution is -2.38. The Hall–Kier alpha value is -2.04. The standard InChI is InChI=1S/C20H20Cl2N2O2/c21-17-6-2-15(3-7-17)14-19(25)23-10-1-11-24(13-12-23)20(26)16-4-8-18(22)9-5-16/h2-9H,1,10-14H2. The highest BCUT2D eigenvalue weighted by molar-refractivity contribution is 6.30. The predicted octanol–water partition coefficient (Wildman–Crippen LogP) is 3.91. The van der Waals surface area contributed by atoms with Gasteiger partial charge < -0.3 is 9.80 Å². The third kappa shape index (κ3) is 4.77. The third-order valence-corrected chi connectivity index (χ3v) is 5.00. The third-order valence-electron chi connectivity index (χ3n) is 4.50. The summed E-state index contributed by atoms with van der Waals surface area (Å²) in [5, 5.41) is 1.27. The number of hydrogen-bond acceptors (Lipinski definition) is 2. The molecular weight excluding hydrogens is 371 g/mol. The zero-order valence-electron chi connectivity index (χ0n) is 14.3. The summed E-state index contributed by atoms with van der Waals surface area (Å²) < 4.78 is 0. The first-order chi connectivity index (χ1) is 12.5. The van der Waals surface area contributed by atoms with E-state index >= 15 is 0 Å². The average Bonchev–Trinajstić information content (AvgIpc) is 2.90. The molecule has 1 fully saturated rings. The van der Waals surface area contributed by atoms with Gasteiger partial charge >= 0.3 is 0 Å². The molecule has 136 valence electrons. The van der Waals surface area contributed by atoms with Crippen molar-refractivity contribution in [2.24, 2.45) is 0 Å². The van der Waals surface area contributed by atoms with Crippen LogP contribution < -0.4 is 0 Å². The monoisotopic (exact) mass is 390 g/mol. The number of rotatable bonds is 3. The van der Waals surface area contributed by atoms with Crippen molar-refractivity contribution < 1.29 is 9.59 Å². The Labute approximate surface area is 163 Å². The van der Waals surface area contributed by atoms with Crippen molar-refractivity contribution in [3.63, 3.8) is 0 Å². The minimum absolute atomic E-state index is 0.0198. The van der Waals surface area contributed by atoms with Gasteiger partial charge in [-0.15, -0.1) is 0 Å². The molecule has 2 amide bonds. The van der Waals surface area contributed by atoms with E-state index in [-0.39, 0.29) is 11.8 Å². The second kappa shape index (κ2) is 8.56. The van der Waals surface area contributed by atoms with Crippen molar-refractivity contribution in [1.29, 1.82) is 0 Å². The second-order valence-corrected chi connectivity index (χ2v) is 7.21. The van der Waals surface area contributed by atoms with Crippen LogP contribution in [0.15, 0.2) is 48.5 Å². The predicted molar refractivity (Wildman–Crippen MR) is 104 cm³/mol. The molecule has 6 heteroatoms. The Morgan fingerprint density at radius 2 is 1.31 bits per heavy atom. The number of nitrogens with zero attached hydrogens (tertiary/aromatic N) is 2. The Bertz CT molecular complexity index is 775. The van der Waals surface area contributed by atoms with E-state index in [1.807, 2.05) is 17.0 Å². The molecule has 0 unspecified atom stereocenters. The van der Waals surface area contributed by atoms with Gasteiger partial charge in [0.05, 0.1) is 6.42 Å². The average molecular weight is 391 g/mol. The fraction of sp³-hybridized carbons (Fsp3) is 0.300. The van der Waals surface area contributed by atoms with Gasteiger partial charge in [-0.3, -0.25) is 9.59 Å². The highest BCUT2D eigenvalue weighted by Gasteiger charge is 2.22. The van der Waals surface area contributed by atoms with Crippen molar-refractivity contribution >= 4 is 35.0 Å². The molecular formula is C20H20Cl2N2O2. The molecule has 3 rings (SSSR count). The van der Waals surface area contributed by atoms with Gasteiger partial charge in [0.2, 0.25) is 5.91 Å². The molecule has 1 saturated heterocycles. The van der Waals surface area contributed by atoms with Crippen LogP contribution in [0.5, 0.6) is 0 Å². The molecule has 1 heterocycles. The molecule has 0 saturated carbocycles.